The number of hydrogen-bond acceptors (Lipinski definition) is 3. The lowest BCUT2D eigenvalue weighted by molar-refractivity contribution is -0.488. The summed E-state index contributed by atoms with van der Waals surface area (Å²) in [5.74, 6) is 0.596. The normalized spacial score (nSPS) is 14.2. The Morgan fingerprint density at radius 3 is 2.80 bits per heavy atom. The number of nitrogens with one attached hydrogen (secondary N) is 1. The largest absolute Gasteiger partial charge is 0.468 e. The van der Waals surface area contributed by atoms with Crippen LogP contribution in [0.1, 0.15) is 18.2 Å². The fraction of sp³-hybridized carbons (Fsp3) is 0.200. The standard InChI is InChI=1S/C15H14N2O3/c1-15(10-17(18)19,14-7-4-8-20-14)12-9-16-13-6-3-2-5-11(12)13/h2-9,16H,10H2,1H3/t15-/m1/s1. The highest BCUT2D eigenvalue weighted by molar-refractivity contribution is 5.84. The molecule has 1 atom stereocenters. The lowest BCUT2D eigenvalue weighted by Gasteiger charge is -2.22. The van der Waals surface area contributed by atoms with Crippen LogP contribution >= 0.6 is 0 Å². The summed E-state index contributed by atoms with van der Waals surface area (Å²) in [5, 5.41) is 12.1. The molecule has 102 valence electrons. The number of para-hydroxylation sites is 1. The van der Waals surface area contributed by atoms with Crippen LogP contribution in [0.4, 0.5) is 0 Å². The van der Waals surface area contributed by atoms with Crippen LogP contribution in [-0.4, -0.2) is 16.5 Å². The molecule has 0 amide bonds. The third-order valence-corrected chi connectivity index (χ3v) is 3.69. The van der Waals surface area contributed by atoms with Crippen LogP contribution in [0.5, 0.6) is 0 Å². The molecule has 0 bridgehead atoms. The van der Waals surface area contributed by atoms with Crippen molar-refractivity contribution < 1.29 is 9.34 Å². The predicted octanol–water partition coefficient (Wildman–Crippen LogP) is 3.34. The van der Waals surface area contributed by atoms with Gasteiger partial charge in [-0.15, -0.1) is 0 Å². The van der Waals surface area contributed by atoms with Crippen molar-refractivity contribution in [3.63, 3.8) is 0 Å². The predicted molar refractivity (Wildman–Crippen MR) is 75.3 cm³/mol. The van der Waals surface area contributed by atoms with Gasteiger partial charge in [0.05, 0.1) is 6.26 Å². The monoisotopic (exact) mass is 270 g/mol. The molecule has 1 N–H and O–H groups in total. The van der Waals surface area contributed by atoms with Crippen molar-refractivity contribution in [1.82, 2.24) is 4.98 Å². The summed E-state index contributed by atoms with van der Waals surface area (Å²) in [6, 6.07) is 11.3. The maximum absolute atomic E-state index is 11.1. The summed E-state index contributed by atoms with van der Waals surface area (Å²) in [6.07, 6.45) is 3.37. The SMILES string of the molecule is C[C@](C[N+](=O)[O-])(c1ccco1)c1c[nH]c2ccccc12. The van der Waals surface area contributed by atoms with Crippen LogP contribution < -0.4 is 0 Å². The van der Waals surface area contributed by atoms with Crippen LogP contribution in [0.3, 0.4) is 0 Å². The summed E-state index contributed by atoms with van der Waals surface area (Å²) in [7, 11) is 0. The maximum Gasteiger partial charge on any atom is 0.220 e. The maximum atomic E-state index is 11.1. The molecule has 0 fully saturated rings. The van der Waals surface area contributed by atoms with Gasteiger partial charge >= 0.3 is 0 Å². The van der Waals surface area contributed by atoms with Gasteiger partial charge in [0.2, 0.25) is 6.54 Å². The summed E-state index contributed by atoms with van der Waals surface area (Å²) in [4.78, 5) is 14.0. The Labute approximate surface area is 115 Å². The number of nitrogens with zero attached hydrogens (tertiary/aromatic N) is 1. The number of furan rings is 1. The summed E-state index contributed by atoms with van der Waals surface area (Å²) in [6.45, 7) is 1.62. The van der Waals surface area contributed by atoms with Gasteiger partial charge in [-0.3, -0.25) is 10.1 Å². The first kappa shape index (κ1) is 12.5. The van der Waals surface area contributed by atoms with E-state index in [9.17, 15) is 10.1 Å². The average Bonchev–Trinajstić information content (AvgIpc) is 3.08. The van der Waals surface area contributed by atoms with Crippen molar-refractivity contribution in [1.29, 1.82) is 0 Å². The van der Waals surface area contributed by atoms with E-state index in [1.54, 1.807) is 18.4 Å². The molecule has 0 saturated carbocycles. The summed E-state index contributed by atoms with van der Waals surface area (Å²) in [5.41, 5.74) is 1.04. The second-order valence-corrected chi connectivity index (χ2v) is 5.05. The molecule has 2 heterocycles. The van der Waals surface area contributed by atoms with Gasteiger partial charge in [0, 0.05) is 22.0 Å². The van der Waals surface area contributed by atoms with Gasteiger partial charge in [-0.25, -0.2) is 0 Å². The Hall–Kier alpha value is -2.56. The first-order valence-electron chi connectivity index (χ1n) is 6.33. The number of aromatic amines is 1. The Morgan fingerprint density at radius 2 is 2.10 bits per heavy atom. The van der Waals surface area contributed by atoms with Crippen molar-refractivity contribution in [3.8, 4) is 0 Å². The van der Waals surface area contributed by atoms with Crippen molar-refractivity contribution in [3.05, 3.63) is 70.3 Å². The molecular formula is C15H14N2O3. The summed E-state index contributed by atoms with van der Waals surface area (Å²) < 4.78 is 5.45. The molecule has 0 aliphatic heterocycles. The highest BCUT2D eigenvalue weighted by Crippen LogP contribution is 2.36. The topological polar surface area (TPSA) is 72.1 Å². The highest BCUT2D eigenvalue weighted by Gasteiger charge is 2.39. The van der Waals surface area contributed by atoms with Crippen molar-refractivity contribution in [2.24, 2.45) is 0 Å². The van der Waals surface area contributed by atoms with Gasteiger partial charge in [0.15, 0.2) is 0 Å². The average molecular weight is 270 g/mol. The minimum absolute atomic E-state index is 0.220. The molecule has 5 nitrogen and oxygen atoms in total. The van der Waals surface area contributed by atoms with Crippen LogP contribution in [0, 0.1) is 10.1 Å². The molecule has 20 heavy (non-hydrogen) atoms. The van der Waals surface area contributed by atoms with Gasteiger partial charge in [-0.05, 0) is 30.7 Å². The van der Waals surface area contributed by atoms with Gasteiger partial charge in [0.1, 0.15) is 11.2 Å². The van der Waals surface area contributed by atoms with E-state index in [1.165, 1.54) is 0 Å². The van der Waals surface area contributed by atoms with E-state index in [4.69, 9.17) is 4.42 Å². The van der Waals surface area contributed by atoms with E-state index in [1.807, 2.05) is 37.4 Å². The Balaban J connectivity index is 2.22. The Morgan fingerprint density at radius 1 is 1.30 bits per heavy atom. The van der Waals surface area contributed by atoms with Crippen LogP contribution in [0.15, 0.2) is 53.3 Å². The smallest absolute Gasteiger partial charge is 0.220 e. The first-order valence-corrected chi connectivity index (χ1v) is 6.33. The van der Waals surface area contributed by atoms with Crippen molar-refractivity contribution in [2.75, 3.05) is 6.54 Å². The van der Waals surface area contributed by atoms with E-state index >= 15 is 0 Å². The van der Waals surface area contributed by atoms with Crippen LogP contribution in [-0.2, 0) is 5.41 Å². The molecule has 0 aliphatic rings. The number of benzene rings is 1. The van der Waals surface area contributed by atoms with E-state index in [2.05, 4.69) is 4.98 Å². The molecule has 3 aromatic rings. The minimum Gasteiger partial charge on any atom is -0.468 e. The summed E-state index contributed by atoms with van der Waals surface area (Å²) >= 11 is 0. The molecule has 1 aromatic carbocycles. The van der Waals surface area contributed by atoms with Gasteiger partial charge in [-0.1, -0.05) is 18.2 Å². The lowest BCUT2D eigenvalue weighted by atomic mass is 9.80. The number of rotatable bonds is 4. The Bertz CT molecular complexity index is 745. The second-order valence-electron chi connectivity index (χ2n) is 5.05. The van der Waals surface area contributed by atoms with Crippen LogP contribution in [0.2, 0.25) is 0 Å². The van der Waals surface area contributed by atoms with E-state index in [0.29, 0.717) is 5.76 Å². The number of aromatic nitrogens is 1. The van der Waals surface area contributed by atoms with E-state index in [-0.39, 0.29) is 11.5 Å². The third-order valence-electron chi connectivity index (χ3n) is 3.69. The van der Waals surface area contributed by atoms with E-state index in [0.717, 1.165) is 16.5 Å². The highest BCUT2D eigenvalue weighted by atomic mass is 16.6. The molecular weight excluding hydrogens is 256 g/mol. The molecule has 0 aliphatic carbocycles. The van der Waals surface area contributed by atoms with Crippen molar-refractivity contribution in [2.45, 2.75) is 12.3 Å². The first-order chi connectivity index (χ1) is 9.61. The number of H-pyrrole nitrogens is 1. The zero-order chi connectivity index (χ0) is 14.2. The van der Waals surface area contributed by atoms with Crippen LogP contribution in [0.25, 0.3) is 10.9 Å². The molecule has 0 spiro atoms. The number of fused-ring (bicyclic) bond motifs is 1. The van der Waals surface area contributed by atoms with Gasteiger partial charge in [-0.2, -0.15) is 0 Å². The number of nitro groups is 1. The van der Waals surface area contributed by atoms with Gasteiger partial charge in [0.25, 0.3) is 0 Å². The third kappa shape index (κ3) is 1.87. The van der Waals surface area contributed by atoms with E-state index < -0.39 is 5.41 Å². The molecule has 0 unspecified atom stereocenters. The fourth-order valence-electron chi connectivity index (χ4n) is 2.67. The molecule has 0 saturated heterocycles. The quantitative estimate of drug-likeness (QED) is 0.583. The fourth-order valence-corrected chi connectivity index (χ4v) is 2.67. The molecule has 3 rings (SSSR count). The molecule has 2 aromatic heterocycles. The minimum atomic E-state index is -0.799. The zero-order valence-electron chi connectivity index (χ0n) is 11.0. The lowest BCUT2D eigenvalue weighted by Crippen LogP contribution is -2.32. The number of hydrogen-bond donors (Lipinski definition) is 1. The molecule has 5 heteroatoms. The van der Waals surface area contributed by atoms with Gasteiger partial charge < -0.3 is 9.40 Å². The second kappa shape index (κ2) is 4.52. The Kier molecular flexibility index (Phi) is 2.82. The van der Waals surface area contributed by atoms with Crippen molar-refractivity contribution >= 4 is 10.9 Å². The zero-order valence-corrected chi connectivity index (χ0v) is 11.0. The molecule has 0 radical (unpaired) electrons.